The lowest BCUT2D eigenvalue weighted by Gasteiger charge is -2.36. The van der Waals surface area contributed by atoms with Crippen molar-refractivity contribution in [1.82, 2.24) is 19.4 Å². The number of nitrogens with zero attached hydrogens (tertiary/aromatic N) is 6. The molecule has 64 heavy (non-hydrogen) atoms. The number of aromatic nitrogens is 3. The Morgan fingerprint density at radius 3 is 1.81 bits per heavy atom. The predicted molar refractivity (Wildman–Crippen MR) is 246 cm³/mol. The first kappa shape index (κ1) is 49.4. The van der Waals surface area contributed by atoms with Crippen LogP contribution in [-0.4, -0.2) is 105 Å². The highest BCUT2D eigenvalue weighted by atomic mass is 16.7. The van der Waals surface area contributed by atoms with E-state index >= 15 is 0 Å². The van der Waals surface area contributed by atoms with Crippen molar-refractivity contribution in [2.24, 2.45) is 0 Å². The minimum absolute atomic E-state index is 0.0536. The summed E-state index contributed by atoms with van der Waals surface area (Å²) >= 11 is 0. The molecular formula is C48H68N6O10. The smallest absolute Gasteiger partial charge is 0.444 e. The van der Waals surface area contributed by atoms with Crippen LogP contribution < -0.4 is 9.80 Å². The number of anilines is 2. The third-order valence-electron chi connectivity index (χ3n) is 9.50. The summed E-state index contributed by atoms with van der Waals surface area (Å²) < 4.78 is 36.4. The predicted octanol–water partition coefficient (Wildman–Crippen LogP) is 10.2. The van der Waals surface area contributed by atoms with Crippen molar-refractivity contribution in [2.75, 3.05) is 42.6 Å². The molecule has 0 atom stereocenters. The molecule has 16 heteroatoms. The van der Waals surface area contributed by atoms with E-state index in [4.69, 9.17) is 38.4 Å². The van der Waals surface area contributed by atoms with E-state index in [1.54, 1.807) is 81.1 Å². The number of imide groups is 1. The van der Waals surface area contributed by atoms with Crippen LogP contribution >= 0.6 is 0 Å². The average Bonchev–Trinajstić information content (AvgIpc) is 3.48. The molecule has 0 bridgehead atoms. The molecular weight excluding hydrogens is 821 g/mol. The van der Waals surface area contributed by atoms with Crippen LogP contribution in [0.15, 0.2) is 42.5 Å². The van der Waals surface area contributed by atoms with Gasteiger partial charge in [0.15, 0.2) is 5.82 Å². The van der Waals surface area contributed by atoms with Crippen LogP contribution in [-0.2, 0) is 48.0 Å². The Morgan fingerprint density at radius 1 is 0.672 bits per heavy atom. The topological polar surface area (TPSA) is 164 Å². The number of pyridine rings is 1. The molecule has 0 spiro atoms. The van der Waals surface area contributed by atoms with Crippen molar-refractivity contribution in [3.8, 4) is 0 Å². The molecule has 5 rings (SSSR count). The second kappa shape index (κ2) is 18.8. The van der Waals surface area contributed by atoms with Gasteiger partial charge < -0.3 is 42.8 Å². The highest BCUT2D eigenvalue weighted by molar-refractivity contribution is 6.17. The minimum Gasteiger partial charge on any atom is -0.444 e. The first-order valence-corrected chi connectivity index (χ1v) is 21.9. The third-order valence-corrected chi connectivity index (χ3v) is 9.50. The molecule has 16 nitrogen and oxygen atoms in total. The van der Waals surface area contributed by atoms with Crippen molar-refractivity contribution in [1.29, 1.82) is 0 Å². The molecule has 1 aliphatic heterocycles. The molecule has 0 aliphatic carbocycles. The van der Waals surface area contributed by atoms with Crippen LogP contribution in [0.4, 0.5) is 30.7 Å². The fraction of sp³-hybridized carbons (Fsp3) is 0.583. The van der Waals surface area contributed by atoms with Gasteiger partial charge >= 0.3 is 24.4 Å². The van der Waals surface area contributed by atoms with Crippen LogP contribution in [0.2, 0.25) is 0 Å². The second-order valence-corrected chi connectivity index (χ2v) is 20.7. The summed E-state index contributed by atoms with van der Waals surface area (Å²) in [5.74, 6) is 0.340. The quantitative estimate of drug-likeness (QED) is 0.109. The van der Waals surface area contributed by atoms with Crippen LogP contribution in [0.5, 0.6) is 0 Å². The van der Waals surface area contributed by atoms with E-state index in [0.29, 0.717) is 61.5 Å². The van der Waals surface area contributed by atoms with Gasteiger partial charge in [-0.25, -0.2) is 29.1 Å². The fourth-order valence-corrected chi connectivity index (χ4v) is 7.05. The molecule has 0 saturated carbocycles. The minimum atomic E-state index is -1.14. The number of hydrogen-bond acceptors (Lipinski definition) is 13. The molecule has 2 aromatic carbocycles. The number of piperazine rings is 1. The summed E-state index contributed by atoms with van der Waals surface area (Å²) in [6.45, 7) is 29.4. The third kappa shape index (κ3) is 13.4. The largest absolute Gasteiger partial charge is 0.509 e. The van der Waals surface area contributed by atoms with Gasteiger partial charge in [0, 0.05) is 43.9 Å². The average molecular weight is 889 g/mol. The normalized spacial score (nSPS) is 14.1. The highest BCUT2D eigenvalue weighted by Gasteiger charge is 2.38. The maximum absolute atomic E-state index is 14.2. The molecule has 0 radical (unpaired) electrons. The van der Waals surface area contributed by atoms with E-state index in [2.05, 4.69) is 23.1 Å². The van der Waals surface area contributed by atoms with E-state index in [0.717, 1.165) is 21.7 Å². The summed E-state index contributed by atoms with van der Waals surface area (Å²) in [5.41, 5.74) is -0.274. The van der Waals surface area contributed by atoms with E-state index in [1.165, 1.54) is 0 Å². The molecule has 1 aliphatic rings. The maximum atomic E-state index is 14.2. The zero-order chi connectivity index (χ0) is 47.6. The Morgan fingerprint density at radius 2 is 1.25 bits per heavy atom. The number of carbonyl (C=O) groups excluding carboxylic acids is 4. The first-order valence-electron chi connectivity index (χ1n) is 21.9. The lowest BCUT2D eigenvalue weighted by atomic mass is 10.0. The van der Waals surface area contributed by atoms with Gasteiger partial charge in [-0.3, -0.25) is 0 Å². The molecule has 1 fully saturated rings. The van der Waals surface area contributed by atoms with Gasteiger partial charge in [-0.2, -0.15) is 4.90 Å². The second-order valence-electron chi connectivity index (χ2n) is 20.7. The molecule has 1 saturated heterocycles. The van der Waals surface area contributed by atoms with Gasteiger partial charge in [0.05, 0.1) is 17.6 Å². The standard InChI is InChI=1S/C48H68N6O10/c1-16-59-29-36-50-37-38(53(36)30-48(14,15)64-43(58)63-47(11,12)13)34-21-20-32(28-35(34)49-39(37)54(41(56)61-45(5,6)7)42(57)62-46(8,9)10)26-31-18-17-19-33(27-31)51-22-24-52(25-23-51)40(55)60-44(2,3)4/h17-21,27-28H,16,22-26,29-30H2,1-15H3. The number of fused-ring (bicyclic) bond motifs is 3. The van der Waals surface area contributed by atoms with Crippen molar-refractivity contribution >= 4 is 57.9 Å². The fourth-order valence-electron chi connectivity index (χ4n) is 7.05. The molecule has 2 aromatic heterocycles. The number of carbonyl (C=O) groups is 4. The number of benzene rings is 2. The molecule has 0 N–H and O–H groups in total. The van der Waals surface area contributed by atoms with Gasteiger partial charge in [0.2, 0.25) is 0 Å². The van der Waals surface area contributed by atoms with Crippen LogP contribution in [0.25, 0.3) is 21.9 Å². The van der Waals surface area contributed by atoms with Gasteiger partial charge in [-0.15, -0.1) is 0 Å². The van der Waals surface area contributed by atoms with Gasteiger partial charge in [-0.05, 0) is 140 Å². The van der Waals surface area contributed by atoms with Crippen LogP contribution in [0.3, 0.4) is 0 Å². The van der Waals surface area contributed by atoms with Gasteiger partial charge in [-0.1, -0.05) is 24.3 Å². The van der Waals surface area contributed by atoms with Crippen molar-refractivity contribution < 1.29 is 47.6 Å². The Kier molecular flexibility index (Phi) is 14.5. The zero-order valence-corrected chi connectivity index (χ0v) is 40.5. The Bertz CT molecular complexity index is 2310. The lowest BCUT2D eigenvalue weighted by Crippen LogP contribution is -2.50. The Hall–Kier alpha value is -5.64. The van der Waals surface area contributed by atoms with Crippen LogP contribution in [0, 0.1) is 0 Å². The number of hydrogen-bond donors (Lipinski definition) is 0. The first-order chi connectivity index (χ1) is 29.5. The Labute approximate surface area is 377 Å². The summed E-state index contributed by atoms with van der Waals surface area (Å²) in [6, 6.07) is 14.2. The van der Waals surface area contributed by atoms with Gasteiger partial charge in [0.25, 0.3) is 0 Å². The number of ether oxygens (including phenoxy) is 6. The van der Waals surface area contributed by atoms with Gasteiger partial charge in [0.1, 0.15) is 46.0 Å². The van der Waals surface area contributed by atoms with Crippen molar-refractivity contribution in [3.63, 3.8) is 0 Å². The summed E-state index contributed by atoms with van der Waals surface area (Å²) in [4.78, 5) is 68.9. The van der Waals surface area contributed by atoms with E-state index in [1.807, 2.05) is 56.5 Å². The maximum Gasteiger partial charge on any atom is 0.509 e. The highest BCUT2D eigenvalue weighted by Crippen LogP contribution is 2.36. The SMILES string of the molecule is CCOCc1nc2c(N(C(=O)OC(C)(C)C)C(=O)OC(C)(C)C)nc3cc(Cc4cccc(N5CCN(C(=O)OC(C)(C)C)CC5)c4)ccc3c2n1CC(C)(C)OC(=O)OC(C)(C)C. The lowest BCUT2D eigenvalue weighted by molar-refractivity contribution is -0.0584. The van der Waals surface area contributed by atoms with E-state index < -0.39 is 46.3 Å². The molecule has 350 valence electrons. The summed E-state index contributed by atoms with van der Waals surface area (Å²) in [7, 11) is 0. The molecule has 3 heterocycles. The summed E-state index contributed by atoms with van der Waals surface area (Å²) in [6.07, 6.45) is -2.60. The van der Waals surface area contributed by atoms with E-state index in [9.17, 15) is 19.2 Å². The molecule has 0 unspecified atom stereocenters. The number of rotatable bonds is 10. The van der Waals surface area contributed by atoms with Crippen molar-refractivity contribution in [3.05, 3.63) is 59.4 Å². The molecule has 3 amide bonds. The molecule has 4 aromatic rings. The van der Waals surface area contributed by atoms with Crippen molar-refractivity contribution in [2.45, 2.75) is 151 Å². The zero-order valence-electron chi connectivity index (χ0n) is 40.5. The van der Waals surface area contributed by atoms with E-state index in [-0.39, 0.29) is 30.6 Å². The monoisotopic (exact) mass is 888 g/mol. The summed E-state index contributed by atoms with van der Waals surface area (Å²) in [5, 5.41) is 0.663. The number of imidazole rings is 1. The number of amides is 3. The van der Waals surface area contributed by atoms with Crippen LogP contribution in [0.1, 0.15) is 121 Å². The Balaban J connectivity index is 1.63.